The fraction of sp³-hybridized carbons (Fsp3) is 0.800. The van der Waals surface area contributed by atoms with E-state index in [1.165, 1.54) is 6.92 Å². The average Bonchev–Trinajstić information content (AvgIpc) is 1.60. The van der Waals surface area contributed by atoms with Crippen LogP contribution in [-0.2, 0) is 4.79 Å². The molecule has 0 bridgehead atoms. The van der Waals surface area contributed by atoms with Gasteiger partial charge >= 0.3 is 5.51 Å². The third kappa shape index (κ3) is 4.67. The van der Waals surface area contributed by atoms with Crippen LogP contribution in [0.2, 0.25) is 0 Å². The minimum atomic E-state index is -4.30. The van der Waals surface area contributed by atoms with Crippen molar-refractivity contribution in [3.05, 3.63) is 0 Å². The molecule has 0 fully saturated rings. The van der Waals surface area contributed by atoms with Crippen LogP contribution in [0.15, 0.2) is 0 Å². The van der Waals surface area contributed by atoms with Crippen molar-refractivity contribution >= 4 is 17.5 Å². The maximum Gasteiger partial charge on any atom is 0.442 e. The molecule has 10 heavy (non-hydrogen) atoms. The van der Waals surface area contributed by atoms with Crippen molar-refractivity contribution in [3.8, 4) is 0 Å². The molecule has 1 nitrogen and oxygen atoms in total. The van der Waals surface area contributed by atoms with Gasteiger partial charge in [0.15, 0.2) is 0 Å². The normalized spacial score (nSPS) is 14.9. The molecule has 0 saturated heterocycles. The first-order valence-electron chi connectivity index (χ1n) is 2.58. The van der Waals surface area contributed by atoms with Crippen LogP contribution in [0.4, 0.5) is 13.2 Å². The number of hydrogen-bond donors (Lipinski definition) is 0. The predicted octanol–water partition coefficient (Wildman–Crippen LogP) is 2.22. The summed E-state index contributed by atoms with van der Waals surface area (Å²) in [5.74, 6) is -0.456. The highest BCUT2D eigenvalue weighted by molar-refractivity contribution is 8.01. The molecule has 0 amide bonds. The molecule has 0 aliphatic heterocycles. The predicted molar refractivity (Wildman–Crippen MR) is 33.8 cm³/mol. The first-order chi connectivity index (χ1) is 4.33. The van der Waals surface area contributed by atoms with Crippen LogP contribution in [-0.4, -0.2) is 16.5 Å². The van der Waals surface area contributed by atoms with Crippen LogP contribution in [0.1, 0.15) is 13.8 Å². The van der Waals surface area contributed by atoms with Crippen molar-refractivity contribution in [2.24, 2.45) is 0 Å². The Labute approximate surface area is 61.0 Å². The summed E-state index contributed by atoms with van der Waals surface area (Å²) in [7, 11) is 0. The van der Waals surface area contributed by atoms with Crippen LogP contribution >= 0.6 is 11.8 Å². The summed E-state index contributed by atoms with van der Waals surface area (Å²) in [6, 6.07) is 0. The lowest BCUT2D eigenvalue weighted by Gasteiger charge is -2.08. The van der Waals surface area contributed by atoms with E-state index in [2.05, 4.69) is 0 Å². The molecular formula is C5H7F3OS. The molecule has 0 heterocycles. The maximum absolute atomic E-state index is 11.5. The van der Waals surface area contributed by atoms with Crippen molar-refractivity contribution in [1.82, 2.24) is 0 Å². The second-order valence-electron chi connectivity index (χ2n) is 1.82. The Balaban J connectivity index is 3.80. The summed E-state index contributed by atoms with van der Waals surface area (Å²) in [5, 5.41) is -0.986. The van der Waals surface area contributed by atoms with E-state index >= 15 is 0 Å². The molecule has 0 saturated carbocycles. The van der Waals surface area contributed by atoms with Gasteiger partial charge in [-0.15, -0.1) is 0 Å². The van der Waals surface area contributed by atoms with Crippen molar-refractivity contribution in [2.45, 2.75) is 24.6 Å². The first-order valence-corrected chi connectivity index (χ1v) is 3.46. The van der Waals surface area contributed by atoms with Crippen LogP contribution < -0.4 is 0 Å². The zero-order chi connectivity index (χ0) is 8.36. The van der Waals surface area contributed by atoms with Gasteiger partial charge in [-0.05, 0) is 25.6 Å². The SMILES string of the molecule is CC(=O)C(C)SC(F)(F)F. The number of thioether (sulfide) groups is 1. The number of carbonyl (C=O) groups is 1. The second kappa shape index (κ2) is 3.27. The summed E-state index contributed by atoms with van der Waals surface area (Å²) in [5.41, 5.74) is -4.30. The highest BCUT2D eigenvalue weighted by Crippen LogP contribution is 2.33. The fourth-order valence-corrected chi connectivity index (χ4v) is 0.850. The van der Waals surface area contributed by atoms with E-state index in [9.17, 15) is 18.0 Å². The Kier molecular flexibility index (Phi) is 3.21. The largest absolute Gasteiger partial charge is 0.442 e. The summed E-state index contributed by atoms with van der Waals surface area (Å²) in [4.78, 5) is 10.3. The fourth-order valence-electron chi connectivity index (χ4n) is 0.283. The Hall–Kier alpha value is -0.190. The lowest BCUT2D eigenvalue weighted by molar-refractivity contribution is -0.116. The lowest BCUT2D eigenvalue weighted by Crippen LogP contribution is -2.15. The molecule has 0 aromatic carbocycles. The van der Waals surface area contributed by atoms with Crippen molar-refractivity contribution in [3.63, 3.8) is 0 Å². The van der Waals surface area contributed by atoms with E-state index in [1.807, 2.05) is 0 Å². The summed E-state index contributed by atoms with van der Waals surface area (Å²) < 4.78 is 34.4. The maximum atomic E-state index is 11.5. The zero-order valence-electron chi connectivity index (χ0n) is 5.53. The lowest BCUT2D eigenvalue weighted by atomic mass is 10.3. The Morgan fingerprint density at radius 2 is 1.90 bits per heavy atom. The molecule has 0 radical (unpaired) electrons. The average molecular weight is 172 g/mol. The quantitative estimate of drug-likeness (QED) is 0.635. The molecule has 60 valence electrons. The van der Waals surface area contributed by atoms with Gasteiger partial charge in [-0.3, -0.25) is 4.79 Å². The third-order valence-corrected chi connectivity index (χ3v) is 1.84. The van der Waals surface area contributed by atoms with E-state index in [-0.39, 0.29) is 11.8 Å². The summed E-state index contributed by atoms with van der Waals surface area (Å²) in [6.45, 7) is 2.38. The second-order valence-corrected chi connectivity index (χ2v) is 3.22. The third-order valence-electron chi connectivity index (χ3n) is 0.883. The number of carbonyl (C=O) groups excluding carboxylic acids is 1. The van der Waals surface area contributed by atoms with Crippen LogP contribution in [0, 0.1) is 0 Å². The molecule has 5 heteroatoms. The van der Waals surface area contributed by atoms with Crippen molar-refractivity contribution < 1.29 is 18.0 Å². The number of alkyl halides is 3. The van der Waals surface area contributed by atoms with E-state index < -0.39 is 16.5 Å². The molecular weight excluding hydrogens is 165 g/mol. The van der Waals surface area contributed by atoms with Gasteiger partial charge in [0.1, 0.15) is 5.78 Å². The van der Waals surface area contributed by atoms with Crippen LogP contribution in [0.25, 0.3) is 0 Å². The Morgan fingerprint density at radius 3 is 2.00 bits per heavy atom. The number of Topliss-reactive ketones (excluding diaryl/α,β-unsaturated/α-hetero) is 1. The highest BCUT2D eigenvalue weighted by Gasteiger charge is 2.32. The summed E-state index contributed by atoms with van der Waals surface area (Å²) >= 11 is -0.285. The zero-order valence-corrected chi connectivity index (χ0v) is 6.34. The van der Waals surface area contributed by atoms with Gasteiger partial charge in [-0.1, -0.05) is 0 Å². The minimum Gasteiger partial charge on any atom is -0.299 e. The minimum absolute atomic E-state index is 0.285. The van der Waals surface area contributed by atoms with E-state index in [0.29, 0.717) is 0 Å². The van der Waals surface area contributed by atoms with Gasteiger partial charge in [-0.25, -0.2) is 0 Å². The van der Waals surface area contributed by atoms with Crippen molar-refractivity contribution in [2.75, 3.05) is 0 Å². The van der Waals surface area contributed by atoms with E-state index in [0.717, 1.165) is 6.92 Å². The molecule has 1 atom stereocenters. The van der Waals surface area contributed by atoms with Crippen molar-refractivity contribution in [1.29, 1.82) is 0 Å². The Bertz CT molecular complexity index is 131. The Morgan fingerprint density at radius 1 is 1.50 bits per heavy atom. The first kappa shape index (κ1) is 9.81. The van der Waals surface area contributed by atoms with Gasteiger partial charge in [-0.2, -0.15) is 13.2 Å². The van der Waals surface area contributed by atoms with Gasteiger partial charge in [0.25, 0.3) is 0 Å². The molecule has 0 aliphatic rings. The number of hydrogen-bond acceptors (Lipinski definition) is 2. The topological polar surface area (TPSA) is 17.1 Å². The molecule has 0 aliphatic carbocycles. The highest BCUT2D eigenvalue weighted by atomic mass is 32.2. The van der Waals surface area contributed by atoms with Gasteiger partial charge in [0, 0.05) is 0 Å². The van der Waals surface area contributed by atoms with E-state index in [4.69, 9.17) is 0 Å². The molecule has 0 N–H and O–H groups in total. The monoisotopic (exact) mass is 172 g/mol. The van der Waals surface area contributed by atoms with Crippen LogP contribution in [0.3, 0.4) is 0 Å². The molecule has 0 aromatic heterocycles. The van der Waals surface area contributed by atoms with Gasteiger partial charge < -0.3 is 0 Å². The molecule has 0 spiro atoms. The van der Waals surface area contributed by atoms with E-state index in [1.54, 1.807) is 0 Å². The van der Waals surface area contributed by atoms with Gasteiger partial charge in [0.05, 0.1) is 5.25 Å². The smallest absolute Gasteiger partial charge is 0.299 e. The summed E-state index contributed by atoms with van der Waals surface area (Å²) in [6.07, 6.45) is 0. The van der Waals surface area contributed by atoms with Gasteiger partial charge in [0.2, 0.25) is 0 Å². The molecule has 0 rings (SSSR count). The number of ketones is 1. The van der Waals surface area contributed by atoms with Crippen LogP contribution in [0.5, 0.6) is 0 Å². The number of halogens is 3. The number of rotatable bonds is 2. The molecule has 0 aromatic rings. The molecule has 1 unspecified atom stereocenters. The standard InChI is InChI=1S/C5H7F3OS/c1-3(9)4(2)10-5(6,7)8/h4H,1-2H3.